The number of fused-ring (bicyclic) bond motifs is 1. The first-order valence-electron chi connectivity index (χ1n) is 9.77. The second kappa shape index (κ2) is 8.39. The fourth-order valence-corrected chi connectivity index (χ4v) is 3.65. The van der Waals surface area contributed by atoms with Gasteiger partial charge in [0.1, 0.15) is 18.0 Å². The van der Waals surface area contributed by atoms with Crippen molar-refractivity contribution in [2.75, 3.05) is 25.5 Å². The van der Waals surface area contributed by atoms with E-state index in [0.717, 1.165) is 49.1 Å². The lowest BCUT2D eigenvalue weighted by Gasteiger charge is -2.16. The molecule has 1 aliphatic carbocycles. The van der Waals surface area contributed by atoms with Gasteiger partial charge in [0.25, 0.3) is 5.56 Å². The molecule has 2 aromatic heterocycles. The van der Waals surface area contributed by atoms with E-state index in [4.69, 9.17) is 4.74 Å². The molecule has 28 heavy (non-hydrogen) atoms. The van der Waals surface area contributed by atoms with Gasteiger partial charge in [0.05, 0.1) is 0 Å². The number of nitrogens with one attached hydrogen (secondary N) is 2. The van der Waals surface area contributed by atoms with E-state index < -0.39 is 0 Å². The summed E-state index contributed by atoms with van der Waals surface area (Å²) < 4.78 is 7.48. The third-order valence-corrected chi connectivity index (χ3v) is 5.09. The van der Waals surface area contributed by atoms with Gasteiger partial charge in [0.15, 0.2) is 0 Å². The molecule has 1 saturated carbocycles. The molecule has 0 amide bonds. The van der Waals surface area contributed by atoms with Crippen molar-refractivity contribution >= 4 is 22.7 Å². The number of rotatable bonds is 7. The van der Waals surface area contributed by atoms with E-state index in [-0.39, 0.29) is 11.6 Å². The number of pyridine rings is 1. The summed E-state index contributed by atoms with van der Waals surface area (Å²) in [5, 5.41) is 7.15. The van der Waals surface area contributed by atoms with Gasteiger partial charge in [-0.3, -0.25) is 9.36 Å². The normalized spacial score (nSPS) is 14.5. The SMILES string of the molecule is CNCCOc1ccc(Nc2ncc3ccc(=O)n(C4CCCC4)c3n2)cc1. The molecule has 0 atom stereocenters. The van der Waals surface area contributed by atoms with Crippen molar-refractivity contribution in [2.24, 2.45) is 0 Å². The molecule has 0 unspecified atom stereocenters. The van der Waals surface area contributed by atoms with Crippen molar-refractivity contribution in [3.05, 3.63) is 52.9 Å². The van der Waals surface area contributed by atoms with Gasteiger partial charge in [-0.25, -0.2) is 4.98 Å². The van der Waals surface area contributed by atoms with E-state index in [1.807, 2.05) is 35.9 Å². The smallest absolute Gasteiger partial charge is 0.252 e. The Balaban J connectivity index is 1.57. The lowest BCUT2D eigenvalue weighted by molar-refractivity contribution is 0.318. The fraction of sp³-hybridized carbons (Fsp3) is 0.381. The zero-order valence-corrected chi connectivity index (χ0v) is 16.0. The van der Waals surface area contributed by atoms with Crippen LogP contribution in [-0.4, -0.2) is 34.7 Å². The van der Waals surface area contributed by atoms with E-state index in [1.165, 1.54) is 0 Å². The van der Waals surface area contributed by atoms with Crippen molar-refractivity contribution in [3.8, 4) is 5.75 Å². The maximum atomic E-state index is 12.5. The largest absolute Gasteiger partial charge is 0.492 e. The van der Waals surface area contributed by atoms with E-state index in [2.05, 4.69) is 20.6 Å². The maximum absolute atomic E-state index is 12.5. The molecule has 2 N–H and O–H groups in total. The lowest BCUT2D eigenvalue weighted by atomic mass is 10.2. The molecule has 0 bridgehead atoms. The van der Waals surface area contributed by atoms with Crippen LogP contribution < -0.4 is 20.9 Å². The third kappa shape index (κ3) is 3.99. The number of hydrogen-bond acceptors (Lipinski definition) is 6. The predicted molar refractivity (Wildman–Crippen MR) is 110 cm³/mol. The van der Waals surface area contributed by atoms with Crippen LogP contribution in [0.2, 0.25) is 0 Å². The number of nitrogens with zero attached hydrogens (tertiary/aromatic N) is 3. The molecule has 146 valence electrons. The number of aromatic nitrogens is 3. The molecule has 1 fully saturated rings. The monoisotopic (exact) mass is 379 g/mol. The first-order valence-corrected chi connectivity index (χ1v) is 9.77. The average molecular weight is 379 g/mol. The quantitative estimate of drug-likeness (QED) is 0.614. The predicted octanol–water partition coefficient (Wildman–Crippen LogP) is 3.25. The Morgan fingerprint density at radius 3 is 2.68 bits per heavy atom. The summed E-state index contributed by atoms with van der Waals surface area (Å²) in [7, 11) is 1.89. The van der Waals surface area contributed by atoms with Crippen LogP contribution in [0.5, 0.6) is 5.75 Å². The van der Waals surface area contributed by atoms with Gasteiger partial charge in [0, 0.05) is 35.9 Å². The highest BCUT2D eigenvalue weighted by atomic mass is 16.5. The van der Waals surface area contributed by atoms with E-state index in [9.17, 15) is 4.79 Å². The van der Waals surface area contributed by atoms with Gasteiger partial charge in [-0.05, 0) is 50.2 Å². The number of likely N-dealkylation sites (N-methyl/N-ethyl adjacent to an activating group) is 1. The summed E-state index contributed by atoms with van der Waals surface area (Å²) in [6.45, 7) is 1.42. The summed E-state index contributed by atoms with van der Waals surface area (Å²) in [5.41, 5.74) is 1.57. The first-order chi connectivity index (χ1) is 13.7. The van der Waals surface area contributed by atoms with Crippen LogP contribution in [0.15, 0.2) is 47.4 Å². The highest BCUT2D eigenvalue weighted by molar-refractivity contribution is 5.75. The Morgan fingerprint density at radius 1 is 1.14 bits per heavy atom. The molecule has 1 aliphatic rings. The summed E-state index contributed by atoms with van der Waals surface area (Å²) in [6.07, 6.45) is 6.14. The second-order valence-electron chi connectivity index (χ2n) is 7.05. The summed E-state index contributed by atoms with van der Waals surface area (Å²) in [6, 6.07) is 11.3. The number of benzene rings is 1. The zero-order chi connectivity index (χ0) is 19.3. The van der Waals surface area contributed by atoms with Crippen LogP contribution in [0.25, 0.3) is 11.0 Å². The van der Waals surface area contributed by atoms with Crippen molar-refractivity contribution in [2.45, 2.75) is 31.7 Å². The van der Waals surface area contributed by atoms with Crippen molar-refractivity contribution in [1.29, 1.82) is 0 Å². The standard InChI is InChI=1S/C21H25N5O2/c1-22-12-13-28-18-9-7-16(8-10-18)24-21-23-14-15-6-11-19(27)26(20(15)25-21)17-4-2-3-5-17/h6-11,14,17,22H,2-5,12-13H2,1H3,(H,23,24,25). The van der Waals surface area contributed by atoms with E-state index >= 15 is 0 Å². The van der Waals surface area contributed by atoms with Crippen molar-refractivity contribution < 1.29 is 4.74 Å². The molecule has 2 heterocycles. The average Bonchev–Trinajstić information content (AvgIpc) is 3.23. The Labute approximate surface area is 163 Å². The second-order valence-corrected chi connectivity index (χ2v) is 7.05. The van der Waals surface area contributed by atoms with Crippen LogP contribution in [0, 0.1) is 0 Å². The molecule has 0 spiro atoms. The highest BCUT2D eigenvalue weighted by Gasteiger charge is 2.20. The van der Waals surface area contributed by atoms with Gasteiger partial charge in [-0.1, -0.05) is 12.8 Å². The summed E-state index contributed by atoms with van der Waals surface area (Å²) in [4.78, 5) is 21.6. The topological polar surface area (TPSA) is 81.1 Å². The molecular weight excluding hydrogens is 354 g/mol. The molecule has 0 saturated heterocycles. The van der Waals surface area contributed by atoms with Crippen molar-refractivity contribution in [1.82, 2.24) is 19.9 Å². The molecular formula is C21H25N5O2. The van der Waals surface area contributed by atoms with E-state index in [0.29, 0.717) is 18.2 Å². The Hall–Kier alpha value is -2.93. The van der Waals surface area contributed by atoms with Crippen LogP contribution >= 0.6 is 0 Å². The molecule has 0 aliphatic heterocycles. The van der Waals surface area contributed by atoms with Crippen molar-refractivity contribution in [3.63, 3.8) is 0 Å². The minimum atomic E-state index is 0.00659. The zero-order valence-electron chi connectivity index (χ0n) is 16.0. The molecule has 3 aromatic rings. The van der Waals surface area contributed by atoms with Crippen LogP contribution in [-0.2, 0) is 0 Å². The third-order valence-electron chi connectivity index (χ3n) is 5.09. The van der Waals surface area contributed by atoms with Gasteiger partial charge in [0.2, 0.25) is 5.95 Å². The Kier molecular flexibility index (Phi) is 5.53. The lowest BCUT2D eigenvalue weighted by Crippen LogP contribution is -2.23. The molecule has 4 rings (SSSR count). The Morgan fingerprint density at radius 2 is 1.93 bits per heavy atom. The number of hydrogen-bond donors (Lipinski definition) is 2. The molecule has 0 radical (unpaired) electrons. The van der Waals surface area contributed by atoms with E-state index in [1.54, 1.807) is 18.3 Å². The Bertz CT molecular complexity index is 994. The van der Waals surface area contributed by atoms with Gasteiger partial charge in [-0.15, -0.1) is 0 Å². The minimum Gasteiger partial charge on any atom is -0.492 e. The van der Waals surface area contributed by atoms with Crippen LogP contribution in [0.3, 0.4) is 0 Å². The van der Waals surface area contributed by atoms with Gasteiger partial charge in [-0.2, -0.15) is 4.98 Å². The molecule has 7 nitrogen and oxygen atoms in total. The molecule has 7 heteroatoms. The van der Waals surface area contributed by atoms with Gasteiger partial charge < -0.3 is 15.4 Å². The fourth-order valence-electron chi connectivity index (χ4n) is 3.65. The highest BCUT2D eigenvalue weighted by Crippen LogP contribution is 2.30. The summed E-state index contributed by atoms with van der Waals surface area (Å²) in [5.74, 6) is 1.30. The van der Waals surface area contributed by atoms with Gasteiger partial charge >= 0.3 is 0 Å². The molecule has 1 aromatic carbocycles. The maximum Gasteiger partial charge on any atom is 0.252 e. The number of ether oxygens (including phenoxy) is 1. The number of anilines is 2. The summed E-state index contributed by atoms with van der Waals surface area (Å²) >= 11 is 0. The van der Waals surface area contributed by atoms with Crippen LogP contribution in [0.4, 0.5) is 11.6 Å². The minimum absolute atomic E-state index is 0.00659. The van der Waals surface area contributed by atoms with Crippen LogP contribution in [0.1, 0.15) is 31.7 Å². The first kappa shape index (κ1) is 18.4.